The maximum Gasteiger partial charge on any atom is 0.124 e. The van der Waals surface area contributed by atoms with Gasteiger partial charge in [-0.25, -0.2) is 0 Å². The highest BCUT2D eigenvalue weighted by Crippen LogP contribution is 2.22. The first kappa shape index (κ1) is 12.1. The number of nitrogens with two attached hydrogens (primary N) is 1. The highest BCUT2D eigenvalue weighted by atomic mass is 35.5. The molecule has 0 fully saturated rings. The zero-order chi connectivity index (χ0) is 11.3. The van der Waals surface area contributed by atoms with Crippen molar-refractivity contribution in [2.45, 2.75) is 20.4 Å². The number of rotatable bonds is 4. The fourth-order valence-corrected chi connectivity index (χ4v) is 1.34. The summed E-state index contributed by atoms with van der Waals surface area (Å²) < 4.78 is 5.58. The van der Waals surface area contributed by atoms with Gasteiger partial charge >= 0.3 is 0 Å². The third-order valence-electron chi connectivity index (χ3n) is 1.97. The maximum atomic E-state index is 5.86. The van der Waals surface area contributed by atoms with Crippen molar-refractivity contribution in [3.8, 4) is 5.75 Å². The van der Waals surface area contributed by atoms with Crippen molar-refractivity contribution < 1.29 is 4.74 Å². The first-order chi connectivity index (χ1) is 7.13. The largest absolute Gasteiger partial charge is 0.489 e. The van der Waals surface area contributed by atoms with Crippen LogP contribution >= 0.6 is 11.6 Å². The second-order valence-electron chi connectivity index (χ2n) is 3.55. The minimum Gasteiger partial charge on any atom is -0.489 e. The molecule has 2 N–H and O–H groups in total. The quantitative estimate of drug-likeness (QED) is 0.799. The highest BCUT2D eigenvalue weighted by molar-refractivity contribution is 6.30. The van der Waals surface area contributed by atoms with Crippen LogP contribution in [0.5, 0.6) is 5.75 Å². The normalized spacial score (nSPS) is 9.87. The van der Waals surface area contributed by atoms with Crippen LogP contribution in [0.3, 0.4) is 0 Å². The van der Waals surface area contributed by atoms with Gasteiger partial charge in [-0.1, -0.05) is 17.2 Å². The predicted octanol–water partition coefficient (Wildman–Crippen LogP) is 3.14. The van der Waals surface area contributed by atoms with Crippen molar-refractivity contribution in [2.75, 3.05) is 6.61 Å². The van der Waals surface area contributed by atoms with E-state index in [2.05, 4.69) is 0 Å². The lowest BCUT2D eigenvalue weighted by Crippen LogP contribution is -2.02. The molecule has 0 radical (unpaired) electrons. The molecule has 0 amide bonds. The van der Waals surface area contributed by atoms with Gasteiger partial charge in [0.15, 0.2) is 0 Å². The van der Waals surface area contributed by atoms with Crippen LogP contribution in [-0.4, -0.2) is 6.61 Å². The summed E-state index contributed by atoms with van der Waals surface area (Å²) in [6.07, 6.45) is 2.02. The molecule has 0 aliphatic heterocycles. The lowest BCUT2D eigenvalue weighted by molar-refractivity contribution is 0.358. The van der Waals surface area contributed by atoms with Crippen LogP contribution in [0.25, 0.3) is 0 Å². The van der Waals surface area contributed by atoms with Crippen molar-refractivity contribution >= 4 is 11.6 Å². The van der Waals surface area contributed by atoms with Crippen LogP contribution in [0.4, 0.5) is 0 Å². The molecular weight excluding hydrogens is 210 g/mol. The molecule has 0 heterocycles. The lowest BCUT2D eigenvalue weighted by atomic mass is 10.2. The Morgan fingerprint density at radius 2 is 2.20 bits per heavy atom. The SMILES string of the molecule is CC(C)=CCOc1ccc(Cl)cc1CN. The summed E-state index contributed by atoms with van der Waals surface area (Å²) in [6, 6.07) is 5.49. The van der Waals surface area contributed by atoms with Crippen LogP contribution in [0, 0.1) is 0 Å². The van der Waals surface area contributed by atoms with E-state index in [0.29, 0.717) is 18.2 Å². The van der Waals surface area contributed by atoms with Gasteiger partial charge in [0, 0.05) is 17.1 Å². The van der Waals surface area contributed by atoms with Gasteiger partial charge < -0.3 is 10.5 Å². The van der Waals surface area contributed by atoms with Gasteiger partial charge in [0.1, 0.15) is 12.4 Å². The molecule has 15 heavy (non-hydrogen) atoms. The van der Waals surface area contributed by atoms with E-state index in [1.54, 1.807) is 6.07 Å². The summed E-state index contributed by atoms with van der Waals surface area (Å²) in [4.78, 5) is 0. The molecule has 1 aromatic rings. The Morgan fingerprint density at radius 3 is 2.80 bits per heavy atom. The number of hydrogen-bond donors (Lipinski definition) is 1. The number of halogens is 1. The van der Waals surface area contributed by atoms with Crippen molar-refractivity contribution in [1.29, 1.82) is 0 Å². The van der Waals surface area contributed by atoms with Gasteiger partial charge in [-0.15, -0.1) is 0 Å². The molecule has 0 aliphatic carbocycles. The third-order valence-corrected chi connectivity index (χ3v) is 2.21. The van der Waals surface area contributed by atoms with E-state index < -0.39 is 0 Å². The Kier molecular flexibility index (Phi) is 4.66. The monoisotopic (exact) mass is 225 g/mol. The van der Waals surface area contributed by atoms with E-state index in [4.69, 9.17) is 22.1 Å². The molecule has 0 saturated carbocycles. The fraction of sp³-hybridized carbons (Fsp3) is 0.333. The van der Waals surface area contributed by atoms with Crippen LogP contribution in [-0.2, 0) is 6.54 Å². The molecule has 3 heteroatoms. The molecule has 1 aromatic carbocycles. The van der Waals surface area contributed by atoms with E-state index in [0.717, 1.165) is 11.3 Å². The van der Waals surface area contributed by atoms with Gasteiger partial charge in [0.05, 0.1) is 0 Å². The zero-order valence-corrected chi connectivity index (χ0v) is 9.84. The maximum absolute atomic E-state index is 5.86. The summed E-state index contributed by atoms with van der Waals surface area (Å²) in [5.41, 5.74) is 7.77. The average Bonchev–Trinajstić information content (AvgIpc) is 2.19. The van der Waals surface area contributed by atoms with E-state index in [1.165, 1.54) is 5.57 Å². The molecular formula is C12H16ClNO. The molecule has 0 aromatic heterocycles. The summed E-state index contributed by atoms with van der Waals surface area (Å²) >= 11 is 5.86. The van der Waals surface area contributed by atoms with Crippen LogP contribution in [0.2, 0.25) is 5.02 Å². The predicted molar refractivity (Wildman–Crippen MR) is 64.3 cm³/mol. The smallest absolute Gasteiger partial charge is 0.124 e. The molecule has 0 saturated heterocycles. The van der Waals surface area contributed by atoms with Crippen molar-refractivity contribution in [1.82, 2.24) is 0 Å². The van der Waals surface area contributed by atoms with Gasteiger partial charge in [-0.3, -0.25) is 0 Å². The molecule has 0 unspecified atom stereocenters. The van der Waals surface area contributed by atoms with E-state index in [1.807, 2.05) is 32.1 Å². The summed E-state index contributed by atoms with van der Waals surface area (Å²) in [5, 5.41) is 0.685. The molecule has 1 rings (SSSR count). The Bertz CT molecular complexity index is 357. The molecule has 0 spiro atoms. The second kappa shape index (κ2) is 5.79. The lowest BCUT2D eigenvalue weighted by Gasteiger charge is -2.09. The molecule has 0 aliphatic rings. The topological polar surface area (TPSA) is 35.2 Å². The Morgan fingerprint density at radius 1 is 1.47 bits per heavy atom. The van der Waals surface area contributed by atoms with E-state index >= 15 is 0 Å². The second-order valence-corrected chi connectivity index (χ2v) is 3.99. The first-order valence-corrected chi connectivity index (χ1v) is 5.26. The van der Waals surface area contributed by atoms with E-state index in [9.17, 15) is 0 Å². The minimum absolute atomic E-state index is 0.435. The molecule has 0 bridgehead atoms. The summed E-state index contributed by atoms with van der Waals surface area (Å²) in [5.74, 6) is 0.805. The van der Waals surface area contributed by atoms with Gasteiger partial charge in [-0.05, 0) is 38.1 Å². The number of allylic oxidation sites excluding steroid dienone is 1. The Balaban J connectivity index is 2.72. The highest BCUT2D eigenvalue weighted by Gasteiger charge is 2.01. The zero-order valence-electron chi connectivity index (χ0n) is 9.09. The number of hydrogen-bond acceptors (Lipinski definition) is 2. The summed E-state index contributed by atoms with van der Waals surface area (Å²) in [7, 11) is 0. The van der Waals surface area contributed by atoms with Crippen LogP contribution in [0.1, 0.15) is 19.4 Å². The molecule has 2 nitrogen and oxygen atoms in total. The molecule has 82 valence electrons. The number of benzene rings is 1. The molecule has 0 atom stereocenters. The standard InChI is InChI=1S/C12H16ClNO/c1-9(2)5-6-15-12-4-3-11(13)7-10(12)8-14/h3-5,7H,6,8,14H2,1-2H3. The number of ether oxygens (including phenoxy) is 1. The van der Waals surface area contributed by atoms with Crippen molar-refractivity contribution in [2.24, 2.45) is 5.73 Å². The van der Waals surface area contributed by atoms with Gasteiger partial charge in [0.25, 0.3) is 0 Å². The van der Waals surface area contributed by atoms with Crippen LogP contribution in [0.15, 0.2) is 29.8 Å². The Hall–Kier alpha value is -0.990. The Labute approximate surface area is 95.7 Å². The van der Waals surface area contributed by atoms with Gasteiger partial charge in [0.2, 0.25) is 0 Å². The summed E-state index contributed by atoms with van der Waals surface area (Å²) in [6.45, 7) is 5.08. The third kappa shape index (κ3) is 3.94. The van der Waals surface area contributed by atoms with Crippen molar-refractivity contribution in [3.05, 3.63) is 40.4 Å². The van der Waals surface area contributed by atoms with Gasteiger partial charge in [-0.2, -0.15) is 0 Å². The average molecular weight is 226 g/mol. The minimum atomic E-state index is 0.435. The van der Waals surface area contributed by atoms with Crippen molar-refractivity contribution in [3.63, 3.8) is 0 Å². The first-order valence-electron chi connectivity index (χ1n) is 4.88. The van der Waals surface area contributed by atoms with Crippen LogP contribution < -0.4 is 10.5 Å². The fourth-order valence-electron chi connectivity index (χ4n) is 1.15. The van der Waals surface area contributed by atoms with E-state index in [-0.39, 0.29) is 0 Å².